The van der Waals surface area contributed by atoms with Crippen LogP contribution >= 0.6 is 0 Å². The number of nitrogens with zero attached hydrogens (tertiary/aromatic N) is 2. The van der Waals surface area contributed by atoms with Gasteiger partial charge in [-0.05, 0) is 58.2 Å². The number of aromatic nitrogens is 1. The van der Waals surface area contributed by atoms with Gasteiger partial charge in [-0.2, -0.15) is 0 Å². The van der Waals surface area contributed by atoms with Crippen molar-refractivity contribution in [3.63, 3.8) is 0 Å². The van der Waals surface area contributed by atoms with Crippen molar-refractivity contribution in [1.82, 2.24) is 10.1 Å². The molecule has 190 valence electrons. The van der Waals surface area contributed by atoms with Gasteiger partial charge in [-0.3, -0.25) is 0 Å². The fourth-order valence-electron chi connectivity index (χ4n) is 2.32. The molecule has 0 radical (unpaired) electrons. The van der Waals surface area contributed by atoms with E-state index in [1.807, 2.05) is 26.8 Å². The molecule has 0 spiro atoms. The Balaban J connectivity index is 0.000000818. The van der Waals surface area contributed by atoms with Crippen LogP contribution in [0.1, 0.15) is 64.9 Å². The Hall–Kier alpha value is -3.29. The van der Waals surface area contributed by atoms with Crippen LogP contribution in [0.5, 0.6) is 5.88 Å². The first-order valence-electron chi connectivity index (χ1n) is 11.1. The van der Waals surface area contributed by atoms with Crippen molar-refractivity contribution < 1.29 is 28.3 Å². The summed E-state index contributed by atoms with van der Waals surface area (Å²) in [5.41, 5.74) is 3.16. The summed E-state index contributed by atoms with van der Waals surface area (Å²) in [7, 11) is 4.46. The highest BCUT2D eigenvalue weighted by Crippen LogP contribution is 2.15. The first kappa shape index (κ1) is 30.7. The van der Waals surface area contributed by atoms with Gasteiger partial charge in [-0.15, -0.1) is 0 Å². The Labute approximate surface area is 203 Å². The minimum absolute atomic E-state index is 0.0318. The van der Waals surface area contributed by atoms with Crippen molar-refractivity contribution in [3.8, 4) is 5.88 Å². The lowest BCUT2D eigenvalue weighted by Crippen LogP contribution is -2.34. The molecule has 0 aliphatic carbocycles. The Morgan fingerprint density at radius 3 is 2.29 bits per heavy atom. The van der Waals surface area contributed by atoms with Gasteiger partial charge in [0.1, 0.15) is 5.60 Å². The van der Waals surface area contributed by atoms with Crippen LogP contribution in [0.3, 0.4) is 0 Å². The van der Waals surface area contributed by atoms with Gasteiger partial charge in [-0.1, -0.05) is 49.0 Å². The van der Waals surface area contributed by atoms with Crippen LogP contribution < -0.4 is 4.74 Å². The molecule has 0 bridgehead atoms. The summed E-state index contributed by atoms with van der Waals surface area (Å²) in [6.45, 7) is 16.4. The second kappa shape index (κ2) is 15.5. The summed E-state index contributed by atoms with van der Waals surface area (Å²) in [6, 6.07) is 1.35. The summed E-state index contributed by atoms with van der Waals surface area (Å²) in [5.74, 6) is -0.282. The molecule has 0 aromatic carbocycles. The van der Waals surface area contributed by atoms with Gasteiger partial charge >= 0.3 is 12.1 Å². The van der Waals surface area contributed by atoms with E-state index in [9.17, 15) is 9.59 Å². The van der Waals surface area contributed by atoms with Crippen LogP contribution in [0.4, 0.5) is 4.79 Å². The minimum Gasteiger partial charge on any atom is -0.479 e. The van der Waals surface area contributed by atoms with Crippen molar-refractivity contribution >= 4 is 12.1 Å². The number of esters is 1. The molecule has 8 heteroatoms. The third-order valence-electron chi connectivity index (χ3n) is 4.23. The van der Waals surface area contributed by atoms with Crippen molar-refractivity contribution in [2.75, 3.05) is 27.8 Å². The van der Waals surface area contributed by atoms with Gasteiger partial charge in [0, 0.05) is 13.6 Å². The summed E-state index contributed by atoms with van der Waals surface area (Å²) < 4.78 is 19.0. The topological polar surface area (TPSA) is 91.1 Å². The van der Waals surface area contributed by atoms with Crippen molar-refractivity contribution in [1.29, 1.82) is 0 Å². The monoisotopic (exact) mass is 476 g/mol. The van der Waals surface area contributed by atoms with Gasteiger partial charge in [0.25, 0.3) is 5.88 Å². The third-order valence-corrected chi connectivity index (χ3v) is 4.23. The van der Waals surface area contributed by atoms with Gasteiger partial charge in [0.2, 0.25) is 5.76 Å². The molecule has 0 saturated heterocycles. The number of hydrogen-bond donors (Lipinski definition) is 0. The highest BCUT2D eigenvalue weighted by atomic mass is 16.6. The summed E-state index contributed by atoms with van der Waals surface area (Å²) >= 11 is 0. The van der Waals surface area contributed by atoms with E-state index in [0.29, 0.717) is 6.54 Å². The van der Waals surface area contributed by atoms with Gasteiger partial charge < -0.3 is 23.6 Å². The maximum atomic E-state index is 12.0. The largest absolute Gasteiger partial charge is 0.479 e. The second-order valence-corrected chi connectivity index (χ2v) is 8.65. The van der Waals surface area contributed by atoms with Crippen LogP contribution in [0, 0.1) is 0 Å². The number of ether oxygens (including phenoxy) is 3. The van der Waals surface area contributed by atoms with Crippen LogP contribution in [-0.4, -0.2) is 55.5 Å². The van der Waals surface area contributed by atoms with Crippen LogP contribution in [0.2, 0.25) is 0 Å². The second-order valence-electron chi connectivity index (χ2n) is 8.65. The molecular weight excluding hydrogens is 436 g/mol. The average molecular weight is 477 g/mol. The first-order chi connectivity index (χ1) is 15.9. The Bertz CT molecular complexity index is 883. The van der Waals surface area contributed by atoms with E-state index in [4.69, 9.17) is 4.74 Å². The van der Waals surface area contributed by atoms with Crippen molar-refractivity contribution in [2.24, 2.45) is 0 Å². The Kier molecular flexibility index (Phi) is 14.0. The molecule has 1 amide bonds. The first-order valence-corrected chi connectivity index (χ1v) is 11.1. The number of methoxy groups -OCH3 is 2. The fraction of sp³-hybridized carbons (Fsp3) is 0.500. The quantitative estimate of drug-likeness (QED) is 0.313. The number of allylic oxidation sites excluding steroid dienone is 6. The van der Waals surface area contributed by atoms with Crippen LogP contribution in [0.25, 0.3) is 0 Å². The average Bonchev–Trinajstić information content (AvgIpc) is 3.26. The summed E-state index contributed by atoms with van der Waals surface area (Å²) in [5, 5.41) is 3.41. The lowest BCUT2D eigenvalue weighted by atomic mass is 10.0. The van der Waals surface area contributed by atoms with E-state index in [1.54, 1.807) is 11.9 Å². The van der Waals surface area contributed by atoms with E-state index in [-0.39, 0.29) is 17.7 Å². The molecule has 0 N–H and O–H groups in total. The minimum atomic E-state index is -0.569. The van der Waals surface area contributed by atoms with Gasteiger partial charge in [-0.25, -0.2) is 9.59 Å². The van der Waals surface area contributed by atoms with Crippen molar-refractivity contribution in [3.05, 3.63) is 59.4 Å². The zero-order chi connectivity index (χ0) is 26.3. The van der Waals surface area contributed by atoms with Gasteiger partial charge in [0.05, 0.1) is 20.3 Å². The molecule has 8 nitrogen and oxygen atoms in total. The SMILES string of the molecule is C=CC(=C\C=C(C)C)/C=C(\CC)CCN(C)C(=O)OC(C)(C)C.COC(=O)c1cc(OC)no1. The van der Waals surface area contributed by atoms with E-state index in [0.717, 1.165) is 18.4 Å². The molecule has 0 unspecified atom stereocenters. The smallest absolute Gasteiger partial charge is 0.410 e. The van der Waals surface area contributed by atoms with E-state index < -0.39 is 11.6 Å². The number of amides is 1. The number of carbonyl (C=O) groups is 2. The molecule has 1 heterocycles. The van der Waals surface area contributed by atoms with Gasteiger partial charge in [0.15, 0.2) is 0 Å². The van der Waals surface area contributed by atoms with Crippen LogP contribution in [-0.2, 0) is 9.47 Å². The summed E-state index contributed by atoms with van der Waals surface area (Å²) in [4.78, 5) is 24.3. The molecule has 0 fully saturated rings. The molecule has 0 aliphatic rings. The van der Waals surface area contributed by atoms with Crippen LogP contribution in [0.15, 0.2) is 58.2 Å². The lowest BCUT2D eigenvalue weighted by Gasteiger charge is -2.24. The maximum Gasteiger partial charge on any atom is 0.410 e. The molecule has 1 rings (SSSR count). The maximum absolute atomic E-state index is 12.0. The predicted octanol–water partition coefficient (Wildman–Crippen LogP) is 6.13. The summed E-state index contributed by atoms with van der Waals surface area (Å²) in [6.07, 6.45) is 9.64. The molecule has 34 heavy (non-hydrogen) atoms. The number of rotatable bonds is 9. The Morgan fingerprint density at radius 2 is 1.85 bits per heavy atom. The highest BCUT2D eigenvalue weighted by Gasteiger charge is 2.19. The highest BCUT2D eigenvalue weighted by molar-refractivity contribution is 5.86. The Morgan fingerprint density at radius 1 is 1.21 bits per heavy atom. The zero-order valence-corrected chi connectivity index (χ0v) is 22.1. The molecule has 1 aromatic heterocycles. The standard InChI is InChI=1S/C20H33NO2.C6H7NO4/c1-9-17(12-11-16(3)4)15-18(10-2)13-14-21(8)19(22)23-20(5,6)7;1-9-5-3-4(11-7-5)6(8)10-2/h9,11-12,15H,1,10,13-14H2,2-8H3;3H,1-2H3/b17-12+,18-15+;. The normalized spacial score (nSPS) is 11.6. The molecule has 0 aliphatic heterocycles. The van der Waals surface area contributed by atoms with E-state index in [2.05, 4.69) is 64.7 Å². The molecule has 0 atom stereocenters. The molecule has 0 saturated carbocycles. The fourth-order valence-corrected chi connectivity index (χ4v) is 2.32. The number of hydrogen-bond acceptors (Lipinski definition) is 7. The van der Waals surface area contributed by atoms with E-state index >= 15 is 0 Å². The van der Waals surface area contributed by atoms with Crippen molar-refractivity contribution in [2.45, 2.75) is 60.0 Å². The zero-order valence-electron chi connectivity index (χ0n) is 22.1. The lowest BCUT2D eigenvalue weighted by molar-refractivity contribution is 0.0300. The predicted molar refractivity (Wildman–Crippen MR) is 134 cm³/mol. The number of carbonyl (C=O) groups excluding carboxylic acids is 2. The molecule has 1 aromatic rings. The van der Waals surface area contributed by atoms with E-state index in [1.165, 1.54) is 31.4 Å². The third kappa shape index (κ3) is 13.3. The molecular formula is C26H40N2O6.